The number of nitrogens with zero attached hydrogens (tertiary/aromatic N) is 4. The molecule has 5 rings (SSSR count). The highest BCUT2D eigenvalue weighted by molar-refractivity contribution is 7.15. The first-order valence-electron chi connectivity index (χ1n) is 12.3. The number of halogens is 3. The standard InChI is InChI=1S/C26H28F3N5O3S/c1-14-7-30-24(38-14)21-19(23(35)33-15(2)16-8-31-25(32-9-16)26(27,28)29)5-4-6-20(21)37-22-17-10-34(3)11-18(22)13-36-12-17/h4-9,15,17-18,22H,10-13H2,1-3H3,(H,33,35)/t15-,17?,18?,22?/m1/s1. The lowest BCUT2D eigenvalue weighted by atomic mass is 9.84. The van der Waals surface area contributed by atoms with E-state index in [0.717, 1.165) is 30.4 Å². The molecule has 4 heterocycles. The van der Waals surface area contributed by atoms with Crippen LogP contribution in [0.4, 0.5) is 13.2 Å². The van der Waals surface area contributed by atoms with Crippen molar-refractivity contribution in [1.29, 1.82) is 0 Å². The monoisotopic (exact) mass is 547 g/mol. The van der Waals surface area contributed by atoms with E-state index in [9.17, 15) is 18.0 Å². The molecule has 1 amide bonds. The van der Waals surface area contributed by atoms with Crippen molar-refractivity contribution >= 4 is 17.2 Å². The van der Waals surface area contributed by atoms with Gasteiger partial charge in [0.15, 0.2) is 0 Å². The number of likely N-dealkylation sites (tertiary alicyclic amines) is 1. The molecule has 2 aliphatic rings. The maximum absolute atomic E-state index is 13.5. The molecule has 202 valence electrons. The second-order valence-corrected chi connectivity index (χ2v) is 11.1. The van der Waals surface area contributed by atoms with Crippen LogP contribution in [-0.2, 0) is 10.9 Å². The van der Waals surface area contributed by atoms with Crippen molar-refractivity contribution in [3.63, 3.8) is 0 Å². The highest BCUT2D eigenvalue weighted by Gasteiger charge is 2.41. The van der Waals surface area contributed by atoms with Gasteiger partial charge in [-0.25, -0.2) is 15.0 Å². The number of carbonyl (C=O) groups is 1. The van der Waals surface area contributed by atoms with E-state index >= 15 is 0 Å². The number of nitrogens with one attached hydrogen (secondary N) is 1. The summed E-state index contributed by atoms with van der Waals surface area (Å²) in [5, 5.41) is 3.51. The average molecular weight is 548 g/mol. The van der Waals surface area contributed by atoms with E-state index in [2.05, 4.69) is 32.2 Å². The predicted octanol–water partition coefficient (Wildman–Crippen LogP) is 4.37. The molecule has 2 fully saturated rings. The number of rotatable bonds is 6. The SMILES string of the molecule is Cc1cnc(-c2c(OC3C4COCC3CN(C)C4)cccc2C(=O)N[C@H](C)c2cnc(C(F)(F)F)nc2)s1. The number of carbonyl (C=O) groups excluding carboxylic acids is 1. The lowest BCUT2D eigenvalue weighted by molar-refractivity contribution is -0.145. The van der Waals surface area contributed by atoms with Gasteiger partial charge in [-0.3, -0.25) is 4.79 Å². The van der Waals surface area contributed by atoms with Gasteiger partial charge in [-0.1, -0.05) is 6.07 Å². The Kier molecular flexibility index (Phi) is 7.38. The third-order valence-corrected chi connectivity index (χ3v) is 7.76. The maximum Gasteiger partial charge on any atom is 0.451 e. The second kappa shape index (κ2) is 10.6. The summed E-state index contributed by atoms with van der Waals surface area (Å²) in [6.45, 7) is 6.56. The van der Waals surface area contributed by atoms with Crippen molar-refractivity contribution in [2.45, 2.75) is 32.2 Å². The van der Waals surface area contributed by atoms with Gasteiger partial charge in [-0.05, 0) is 33.0 Å². The summed E-state index contributed by atoms with van der Waals surface area (Å²) in [5.74, 6) is -0.650. The van der Waals surface area contributed by atoms with Crippen molar-refractivity contribution in [2.24, 2.45) is 11.8 Å². The molecule has 8 nitrogen and oxygen atoms in total. The number of benzene rings is 1. The number of alkyl halides is 3. The second-order valence-electron chi connectivity index (χ2n) is 9.85. The molecular weight excluding hydrogens is 519 g/mol. The third-order valence-electron chi connectivity index (χ3n) is 6.83. The van der Waals surface area contributed by atoms with Crippen molar-refractivity contribution < 1.29 is 27.4 Å². The Labute approximate surface area is 222 Å². The summed E-state index contributed by atoms with van der Waals surface area (Å²) >= 11 is 1.46. The number of aryl methyl sites for hydroxylation is 1. The topological polar surface area (TPSA) is 89.5 Å². The molecule has 3 aromatic rings. The third kappa shape index (κ3) is 5.52. The number of hydrogen-bond donors (Lipinski definition) is 1. The van der Waals surface area contributed by atoms with Crippen LogP contribution in [0.25, 0.3) is 10.6 Å². The Hall–Kier alpha value is -3.09. The van der Waals surface area contributed by atoms with E-state index in [1.807, 2.05) is 13.0 Å². The van der Waals surface area contributed by atoms with Gasteiger partial charge in [0.2, 0.25) is 5.82 Å². The number of thiazole rings is 1. The van der Waals surface area contributed by atoms with Crippen molar-refractivity contribution in [1.82, 2.24) is 25.2 Å². The summed E-state index contributed by atoms with van der Waals surface area (Å²) in [4.78, 5) is 28.1. The van der Waals surface area contributed by atoms with Crippen molar-refractivity contribution in [3.8, 4) is 16.3 Å². The lowest BCUT2D eigenvalue weighted by Crippen LogP contribution is -2.56. The largest absolute Gasteiger partial charge is 0.489 e. The van der Waals surface area contributed by atoms with Gasteiger partial charge in [-0.15, -0.1) is 11.3 Å². The Morgan fingerprint density at radius 1 is 1.16 bits per heavy atom. The molecule has 2 unspecified atom stereocenters. The summed E-state index contributed by atoms with van der Waals surface area (Å²) in [7, 11) is 2.10. The molecule has 1 aromatic carbocycles. The summed E-state index contributed by atoms with van der Waals surface area (Å²) in [6.07, 6.45) is -0.789. The Balaban J connectivity index is 1.43. The van der Waals surface area contributed by atoms with Crippen LogP contribution >= 0.6 is 11.3 Å². The maximum atomic E-state index is 13.5. The predicted molar refractivity (Wildman–Crippen MR) is 135 cm³/mol. The lowest BCUT2D eigenvalue weighted by Gasteiger charge is -2.45. The molecular formula is C26H28F3N5O3S. The smallest absolute Gasteiger partial charge is 0.451 e. The van der Waals surface area contributed by atoms with Crippen LogP contribution in [0.3, 0.4) is 0 Å². The van der Waals surface area contributed by atoms with E-state index in [4.69, 9.17) is 9.47 Å². The molecule has 2 aliphatic heterocycles. The van der Waals surface area contributed by atoms with Gasteiger partial charge in [0.05, 0.1) is 30.4 Å². The zero-order valence-corrected chi connectivity index (χ0v) is 22.0. The molecule has 0 aliphatic carbocycles. The minimum atomic E-state index is -4.63. The fourth-order valence-corrected chi connectivity index (χ4v) is 5.88. The molecule has 1 N–H and O–H groups in total. The fraction of sp³-hybridized carbons (Fsp3) is 0.462. The molecule has 2 saturated heterocycles. The Morgan fingerprint density at radius 2 is 1.84 bits per heavy atom. The molecule has 12 heteroatoms. The zero-order valence-electron chi connectivity index (χ0n) is 21.2. The van der Waals surface area contributed by atoms with E-state index < -0.39 is 23.9 Å². The van der Waals surface area contributed by atoms with Crippen LogP contribution < -0.4 is 10.1 Å². The normalized spacial score (nSPS) is 22.6. The van der Waals surface area contributed by atoms with Crippen LogP contribution in [0.2, 0.25) is 0 Å². The highest BCUT2D eigenvalue weighted by Crippen LogP contribution is 2.39. The minimum absolute atomic E-state index is 0.0544. The number of amides is 1. The number of fused-ring (bicyclic) bond motifs is 2. The molecule has 2 aromatic heterocycles. The van der Waals surface area contributed by atoms with Crippen LogP contribution in [0.1, 0.15) is 39.6 Å². The highest BCUT2D eigenvalue weighted by atomic mass is 32.1. The molecule has 38 heavy (non-hydrogen) atoms. The van der Waals surface area contributed by atoms with Gasteiger partial charge >= 0.3 is 6.18 Å². The van der Waals surface area contributed by atoms with E-state index in [-0.39, 0.29) is 17.9 Å². The first kappa shape index (κ1) is 26.5. The first-order valence-corrected chi connectivity index (χ1v) is 13.1. The quantitative estimate of drug-likeness (QED) is 0.490. The Morgan fingerprint density at radius 3 is 2.45 bits per heavy atom. The fourth-order valence-electron chi connectivity index (χ4n) is 5.05. The summed E-state index contributed by atoms with van der Waals surface area (Å²) in [5.41, 5.74) is 1.31. The molecule has 0 saturated carbocycles. The van der Waals surface area contributed by atoms with Crippen molar-refractivity contribution in [3.05, 3.63) is 58.6 Å². The van der Waals surface area contributed by atoms with Crippen LogP contribution in [0, 0.1) is 18.8 Å². The van der Waals surface area contributed by atoms with Crippen LogP contribution in [-0.4, -0.2) is 65.2 Å². The number of ether oxygens (including phenoxy) is 2. The molecule has 2 bridgehead atoms. The summed E-state index contributed by atoms with van der Waals surface area (Å²) < 4.78 is 51.0. The summed E-state index contributed by atoms with van der Waals surface area (Å²) in [6, 6.07) is 4.68. The van der Waals surface area contributed by atoms with E-state index in [1.165, 1.54) is 11.3 Å². The molecule has 3 atom stereocenters. The number of piperidine rings is 1. The van der Waals surface area contributed by atoms with Gasteiger partial charge in [0.25, 0.3) is 5.91 Å². The Bertz CT molecular complexity index is 1290. The first-order chi connectivity index (χ1) is 18.1. The van der Waals surface area contributed by atoms with E-state index in [1.54, 1.807) is 25.3 Å². The van der Waals surface area contributed by atoms with Crippen LogP contribution in [0.5, 0.6) is 5.75 Å². The average Bonchev–Trinajstić information content (AvgIpc) is 3.29. The molecule has 0 radical (unpaired) electrons. The number of aromatic nitrogens is 3. The zero-order chi connectivity index (χ0) is 27.0. The van der Waals surface area contributed by atoms with Crippen molar-refractivity contribution in [2.75, 3.05) is 33.4 Å². The van der Waals surface area contributed by atoms with Gasteiger partial charge in [-0.2, -0.15) is 13.2 Å². The molecule has 0 spiro atoms. The van der Waals surface area contributed by atoms with E-state index in [0.29, 0.717) is 40.7 Å². The van der Waals surface area contributed by atoms with Gasteiger partial charge in [0.1, 0.15) is 16.9 Å². The minimum Gasteiger partial charge on any atom is -0.489 e. The van der Waals surface area contributed by atoms with Gasteiger partial charge in [0, 0.05) is 54.0 Å². The van der Waals surface area contributed by atoms with Crippen LogP contribution in [0.15, 0.2) is 36.8 Å². The number of hydrogen-bond acceptors (Lipinski definition) is 8. The van der Waals surface area contributed by atoms with Gasteiger partial charge < -0.3 is 19.7 Å².